The molecule has 3 aromatic rings. The molecule has 7 nitrogen and oxygen atoms in total. The molecule has 1 heterocycles. The molecule has 2 aromatic carbocycles. The average molecular weight is 420 g/mol. The molecule has 0 unspecified atom stereocenters. The molecule has 2 amide bonds. The van der Waals surface area contributed by atoms with Gasteiger partial charge in [0.1, 0.15) is 5.75 Å². The lowest BCUT2D eigenvalue weighted by molar-refractivity contribution is -0.123. The van der Waals surface area contributed by atoms with Gasteiger partial charge in [-0.1, -0.05) is 18.2 Å². The predicted octanol–water partition coefficient (Wildman–Crippen LogP) is 3.52. The van der Waals surface area contributed by atoms with Gasteiger partial charge in [0.05, 0.1) is 12.7 Å². The van der Waals surface area contributed by atoms with E-state index in [1.807, 2.05) is 49.6 Å². The second-order valence-electron chi connectivity index (χ2n) is 7.09. The van der Waals surface area contributed by atoms with Crippen LogP contribution in [0.3, 0.4) is 0 Å². The largest absolute Gasteiger partial charge is 0.497 e. The summed E-state index contributed by atoms with van der Waals surface area (Å²) in [5.74, 6) is -1.32. The van der Waals surface area contributed by atoms with Crippen LogP contribution in [0.25, 0.3) is 5.69 Å². The maximum Gasteiger partial charge on any atom is 0.340 e. The number of ether oxygens (including phenoxy) is 2. The van der Waals surface area contributed by atoms with Crippen molar-refractivity contribution < 1.29 is 23.9 Å². The zero-order chi connectivity index (χ0) is 22.5. The van der Waals surface area contributed by atoms with Crippen molar-refractivity contribution >= 4 is 17.8 Å². The molecule has 0 aliphatic heterocycles. The van der Waals surface area contributed by atoms with Gasteiger partial charge in [-0.15, -0.1) is 0 Å². The summed E-state index contributed by atoms with van der Waals surface area (Å²) in [7, 11) is 1.52. The van der Waals surface area contributed by atoms with Crippen molar-refractivity contribution in [3.63, 3.8) is 0 Å². The topological polar surface area (TPSA) is 86.6 Å². The third-order valence-electron chi connectivity index (χ3n) is 4.95. The number of imide groups is 1. The van der Waals surface area contributed by atoms with Crippen LogP contribution in [0.1, 0.15) is 37.7 Å². The van der Waals surface area contributed by atoms with Gasteiger partial charge in [0.2, 0.25) is 0 Å². The Morgan fingerprint density at radius 1 is 0.968 bits per heavy atom. The smallest absolute Gasteiger partial charge is 0.340 e. The van der Waals surface area contributed by atoms with Gasteiger partial charge in [0.25, 0.3) is 11.8 Å². The Kier molecular flexibility index (Phi) is 6.55. The average Bonchev–Trinajstić information content (AvgIpc) is 3.06. The number of nitrogens with one attached hydrogen (secondary N) is 1. The van der Waals surface area contributed by atoms with Gasteiger partial charge in [-0.3, -0.25) is 14.9 Å². The van der Waals surface area contributed by atoms with Crippen LogP contribution in [0, 0.1) is 20.8 Å². The molecule has 0 fully saturated rings. The Hall–Kier alpha value is -3.87. The van der Waals surface area contributed by atoms with Gasteiger partial charge in [0, 0.05) is 22.6 Å². The van der Waals surface area contributed by atoms with E-state index in [4.69, 9.17) is 9.47 Å². The maximum atomic E-state index is 12.6. The number of esters is 1. The first kappa shape index (κ1) is 21.8. The maximum absolute atomic E-state index is 12.6. The fraction of sp³-hybridized carbons (Fsp3) is 0.208. The Labute approximate surface area is 180 Å². The lowest BCUT2D eigenvalue weighted by Crippen LogP contribution is -2.34. The van der Waals surface area contributed by atoms with Crippen LogP contribution >= 0.6 is 0 Å². The van der Waals surface area contributed by atoms with Crippen molar-refractivity contribution in [1.82, 2.24) is 9.88 Å². The number of benzene rings is 2. The number of para-hydroxylation sites is 1. The molecular weight excluding hydrogens is 396 g/mol. The normalized spacial score (nSPS) is 10.5. The van der Waals surface area contributed by atoms with Crippen LogP contribution in [0.2, 0.25) is 0 Å². The van der Waals surface area contributed by atoms with Crippen LogP contribution in [0.15, 0.2) is 54.6 Å². The Bertz CT molecular complexity index is 1130. The number of nitrogens with zero attached hydrogens (tertiary/aromatic N) is 1. The molecule has 160 valence electrons. The van der Waals surface area contributed by atoms with Gasteiger partial charge >= 0.3 is 5.97 Å². The number of hydrogen-bond acceptors (Lipinski definition) is 5. The van der Waals surface area contributed by atoms with Crippen molar-refractivity contribution in [2.24, 2.45) is 0 Å². The molecule has 0 spiro atoms. The minimum atomic E-state index is -0.707. The summed E-state index contributed by atoms with van der Waals surface area (Å²) in [5, 5.41) is 2.20. The van der Waals surface area contributed by atoms with Crippen LogP contribution in [0.5, 0.6) is 5.75 Å². The van der Waals surface area contributed by atoms with E-state index in [0.29, 0.717) is 22.6 Å². The van der Waals surface area contributed by atoms with Crippen molar-refractivity contribution in [2.75, 3.05) is 13.7 Å². The van der Waals surface area contributed by atoms with Gasteiger partial charge in [-0.2, -0.15) is 0 Å². The molecule has 0 radical (unpaired) electrons. The minimum absolute atomic E-state index is 0.294. The number of rotatable bonds is 6. The van der Waals surface area contributed by atoms with E-state index in [9.17, 15) is 14.4 Å². The third kappa shape index (κ3) is 4.83. The fourth-order valence-electron chi connectivity index (χ4n) is 3.34. The van der Waals surface area contributed by atoms with E-state index < -0.39 is 24.4 Å². The van der Waals surface area contributed by atoms with Crippen molar-refractivity contribution in [3.05, 3.63) is 82.7 Å². The summed E-state index contributed by atoms with van der Waals surface area (Å²) in [4.78, 5) is 36.8. The zero-order valence-corrected chi connectivity index (χ0v) is 17.9. The first-order chi connectivity index (χ1) is 14.8. The van der Waals surface area contributed by atoms with Gasteiger partial charge < -0.3 is 14.0 Å². The van der Waals surface area contributed by atoms with Crippen molar-refractivity contribution in [2.45, 2.75) is 20.8 Å². The second kappa shape index (κ2) is 9.30. The van der Waals surface area contributed by atoms with Gasteiger partial charge in [0.15, 0.2) is 6.61 Å². The van der Waals surface area contributed by atoms with Gasteiger partial charge in [-0.05, 0) is 62.7 Å². The van der Waals surface area contributed by atoms with E-state index >= 15 is 0 Å². The fourth-order valence-corrected chi connectivity index (χ4v) is 3.34. The number of aromatic nitrogens is 1. The first-order valence-electron chi connectivity index (χ1n) is 9.72. The summed E-state index contributed by atoms with van der Waals surface area (Å²) in [5.41, 5.74) is 4.29. The number of carbonyl (C=O) groups excluding carboxylic acids is 3. The Morgan fingerprint density at radius 2 is 1.65 bits per heavy atom. The van der Waals surface area contributed by atoms with E-state index in [2.05, 4.69) is 5.32 Å². The molecule has 31 heavy (non-hydrogen) atoms. The quantitative estimate of drug-likeness (QED) is 0.617. The SMILES string of the molecule is COc1ccc(C(=O)NC(=O)COC(=O)c2cc(C)n(-c3ccccc3C)c2C)cc1. The Morgan fingerprint density at radius 3 is 2.29 bits per heavy atom. The van der Waals surface area contributed by atoms with E-state index in [1.54, 1.807) is 18.2 Å². The number of amides is 2. The Balaban J connectivity index is 1.64. The highest BCUT2D eigenvalue weighted by atomic mass is 16.5. The first-order valence-corrected chi connectivity index (χ1v) is 9.72. The molecular formula is C24H24N2O5. The predicted molar refractivity (Wildman–Crippen MR) is 116 cm³/mol. The summed E-state index contributed by atoms with van der Waals surface area (Å²) < 4.78 is 12.1. The number of hydrogen-bond donors (Lipinski definition) is 1. The molecule has 1 N–H and O–H groups in total. The molecule has 3 rings (SSSR count). The molecule has 1 aromatic heterocycles. The van der Waals surface area contributed by atoms with E-state index in [1.165, 1.54) is 19.2 Å². The highest BCUT2D eigenvalue weighted by Gasteiger charge is 2.20. The van der Waals surface area contributed by atoms with Crippen LogP contribution < -0.4 is 10.1 Å². The number of carbonyl (C=O) groups is 3. The standard InChI is InChI=1S/C24H24N2O5/c1-15-7-5-6-8-21(15)26-16(2)13-20(17(26)3)24(29)31-14-22(27)25-23(28)18-9-11-19(30-4)12-10-18/h5-13H,14H2,1-4H3,(H,25,27,28). The van der Waals surface area contributed by atoms with Gasteiger partial charge in [-0.25, -0.2) is 4.79 Å². The molecule has 7 heteroatoms. The summed E-state index contributed by atoms with van der Waals surface area (Å²) in [6.45, 7) is 5.16. The second-order valence-corrected chi connectivity index (χ2v) is 7.09. The lowest BCUT2D eigenvalue weighted by atomic mass is 10.2. The molecule has 0 aliphatic rings. The van der Waals surface area contributed by atoms with E-state index in [-0.39, 0.29) is 0 Å². The molecule has 0 bridgehead atoms. The summed E-state index contributed by atoms with van der Waals surface area (Å²) in [6.07, 6.45) is 0. The lowest BCUT2D eigenvalue weighted by Gasteiger charge is -2.12. The summed E-state index contributed by atoms with van der Waals surface area (Å²) in [6, 6.07) is 15.9. The molecule has 0 saturated heterocycles. The number of aryl methyl sites for hydroxylation is 2. The number of methoxy groups -OCH3 is 1. The van der Waals surface area contributed by atoms with Crippen LogP contribution in [0.4, 0.5) is 0 Å². The molecule has 0 saturated carbocycles. The summed E-state index contributed by atoms with van der Waals surface area (Å²) >= 11 is 0. The van der Waals surface area contributed by atoms with Crippen LogP contribution in [-0.4, -0.2) is 36.1 Å². The monoisotopic (exact) mass is 420 g/mol. The highest BCUT2D eigenvalue weighted by Crippen LogP contribution is 2.23. The van der Waals surface area contributed by atoms with Crippen molar-refractivity contribution in [1.29, 1.82) is 0 Å². The molecule has 0 aliphatic carbocycles. The molecule has 0 atom stereocenters. The zero-order valence-electron chi connectivity index (χ0n) is 17.9. The minimum Gasteiger partial charge on any atom is -0.497 e. The highest BCUT2D eigenvalue weighted by molar-refractivity contribution is 6.05. The van der Waals surface area contributed by atoms with E-state index in [0.717, 1.165) is 16.9 Å². The van der Waals surface area contributed by atoms with Crippen molar-refractivity contribution in [3.8, 4) is 11.4 Å². The van der Waals surface area contributed by atoms with Crippen LogP contribution in [-0.2, 0) is 9.53 Å². The third-order valence-corrected chi connectivity index (χ3v) is 4.95.